The van der Waals surface area contributed by atoms with Crippen LogP contribution in [-0.2, 0) is 11.3 Å². The second-order valence-electron chi connectivity index (χ2n) is 7.68. The number of piperidine rings is 2. The molecule has 2 saturated heterocycles. The van der Waals surface area contributed by atoms with Crippen LogP contribution in [0.3, 0.4) is 0 Å². The van der Waals surface area contributed by atoms with Gasteiger partial charge >= 0.3 is 0 Å². The lowest BCUT2D eigenvalue weighted by molar-refractivity contribution is -0.133. The first-order chi connectivity index (χ1) is 12.5. The van der Waals surface area contributed by atoms with Gasteiger partial charge in [-0.25, -0.2) is 4.39 Å². The van der Waals surface area contributed by atoms with E-state index in [9.17, 15) is 14.3 Å². The molecule has 2 fully saturated rings. The maximum Gasteiger partial charge on any atom is 0.236 e. The molecule has 0 aromatic heterocycles. The summed E-state index contributed by atoms with van der Waals surface area (Å²) < 4.78 is 13.0. The lowest BCUT2D eigenvalue weighted by atomic mass is 9.99. The first kappa shape index (κ1) is 19.3. The van der Waals surface area contributed by atoms with E-state index >= 15 is 0 Å². The molecule has 6 heteroatoms. The molecule has 0 spiro atoms. The van der Waals surface area contributed by atoms with E-state index in [1.54, 1.807) is 12.1 Å². The zero-order chi connectivity index (χ0) is 18.5. The molecule has 26 heavy (non-hydrogen) atoms. The number of nitrogens with zero attached hydrogens (tertiary/aromatic N) is 3. The van der Waals surface area contributed by atoms with Crippen molar-refractivity contribution in [1.82, 2.24) is 14.7 Å². The number of hydrogen-bond acceptors (Lipinski definition) is 4. The highest BCUT2D eigenvalue weighted by Crippen LogP contribution is 2.21. The molecular weight excluding hydrogens is 333 g/mol. The average Bonchev–Trinajstić information content (AvgIpc) is 2.64. The smallest absolute Gasteiger partial charge is 0.236 e. The number of amides is 1. The Morgan fingerprint density at radius 1 is 1.12 bits per heavy atom. The van der Waals surface area contributed by atoms with Crippen molar-refractivity contribution in [2.45, 2.75) is 44.4 Å². The van der Waals surface area contributed by atoms with Gasteiger partial charge in [0.2, 0.25) is 5.91 Å². The highest BCUT2D eigenvalue weighted by Gasteiger charge is 2.29. The number of likely N-dealkylation sites (N-methyl/N-ethyl adjacent to an activating group) is 1. The summed E-state index contributed by atoms with van der Waals surface area (Å²) in [6, 6.07) is 6.97. The molecule has 3 rings (SSSR count). The Bertz CT molecular complexity index is 579. The average molecular weight is 363 g/mol. The van der Waals surface area contributed by atoms with Crippen molar-refractivity contribution in [3.63, 3.8) is 0 Å². The molecule has 2 aliphatic rings. The van der Waals surface area contributed by atoms with Gasteiger partial charge in [0.05, 0.1) is 12.6 Å². The SMILES string of the molecule is CN(CC(=O)N1CCC(N2CCC(O)CC2)CC1)Cc1ccc(F)cc1. The van der Waals surface area contributed by atoms with Crippen LogP contribution >= 0.6 is 0 Å². The number of benzene rings is 1. The van der Waals surface area contributed by atoms with E-state index in [0.717, 1.165) is 57.4 Å². The van der Waals surface area contributed by atoms with Crippen LogP contribution < -0.4 is 0 Å². The van der Waals surface area contributed by atoms with Gasteiger partial charge in [0.1, 0.15) is 5.82 Å². The summed E-state index contributed by atoms with van der Waals surface area (Å²) in [7, 11) is 1.92. The maximum absolute atomic E-state index is 13.0. The van der Waals surface area contributed by atoms with Gasteiger partial charge in [0.15, 0.2) is 0 Å². The summed E-state index contributed by atoms with van der Waals surface area (Å²) in [6.07, 6.45) is 3.64. The maximum atomic E-state index is 13.0. The number of carbonyl (C=O) groups is 1. The van der Waals surface area contributed by atoms with E-state index in [0.29, 0.717) is 19.1 Å². The number of hydrogen-bond donors (Lipinski definition) is 1. The van der Waals surface area contributed by atoms with Crippen molar-refractivity contribution < 1.29 is 14.3 Å². The Balaban J connectivity index is 1.41. The number of halogens is 1. The van der Waals surface area contributed by atoms with E-state index in [-0.39, 0.29) is 17.8 Å². The van der Waals surface area contributed by atoms with E-state index < -0.39 is 0 Å². The molecule has 2 aliphatic heterocycles. The summed E-state index contributed by atoms with van der Waals surface area (Å²) in [5, 5.41) is 9.64. The number of rotatable bonds is 5. The van der Waals surface area contributed by atoms with Crippen molar-refractivity contribution in [2.24, 2.45) is 0 Å². The molecular formula is C20H30FN3O2. The summed E-state index contributed by atoms with van der Waals surface area (Å²) in [6.45, 7) is 4.59. The molecule has 0 unspecified atom stereocenters. The summed E-state index contributed by atoms with van der Waals surface area (Å²) in [5.41, 5.74) is 1.01. The van der Waals surface area contributed by atoms with Crippen molar-refractivity contribution in [2.75, 3.05) is 39.8 Å². The van der Waals surface area contributed by atoms with Crippen LogP contribution in [0, 0.1) is 5.82 Å². The van der Waals surface area contributed by atoms with Crippen LogP contribution in [0.25, 0.3) is 0 Å². The molecule has 0 atom stereocenters. The molecule has 144 valence electrons. The molecule has 0 radical (unpaired) electrons. The normalized spacial score (nSPS) is 20.7. The first-order valence-corrected chi connectivity index (χ1v) is 9.64. The molecule has 5 nitrogen and oxygen atoms in total. The Morgan fingerprint density at radius 3 is 2.35 bits per heavy atom. The predicted octanol–water partition coefficient (Wildman–Crippen LogP) is 1.71. The van der Waals surface area contributed by atoms with Gasteiger partial charge in [0.25, 0.3) is 0 Å². The third-order valence-corrected chi connectivity index (χ3v) is 5.60. The Hall–Kier alpha value is -1.50. The van der Waals surface area contributed by atoms with E-state index in [2.05, 4.69) is 4.90 Å². The van der Waals surface area contributed by atoms with Crippen molar-refractivity contribution in [3.8, 4) is 0 Å². The van der Waals surface area contributed by atoms with Gasteiger partial charge in [-0.3, -0.25) is 9.69 Å². The minimum Gasteiger partial charge on any atom is -0.393 e. The molecule has 2 heterocycles. The minimum absolute atomic E-state index is 0.135. The second-order valence-corrected chi connectivity index (χ2v) is 7.68. The molecule has 0 aliphatic carbocycles. The molecule has 0 bridgehead atoms. The topological polar surface area (TPSA) is 47.0 Å². The van der Waals surface area contributed by atoms with Gasteiger partial charge < -0.3 is 14.9 Å². The van der Waals surface area contributed by atoms with E-state index in [1.807, 2.05) is 16.8 Å². The van der Waals surface area contributed by atoms with Crippen molar-refractivity contribution in [3.05, 3.63) is 35.6 Å². The zero-order valence-corrected chi connectivity index (χ0v) is 15.6. The summed E-state index contributed by atoms with van der Waals surface area (Å²) in [4.78, 5) is 19.0. The van der Waals surface area contributed by atoms with Crippen LogP contribution in [0.5, 0.6) is 0 Å². The van der Waals surface area contributed by atoms with E-state index in [4.69, 9.17) is 0 Å². The van der Waals surface area contributed by atoms with Crippen molar-refractivity contribution in [1.29, 1.82) is 0 Å². The lowest BCUT2D eigenvalue weighted by Crippen LogP contribution is -2.50. The quantitative estimate of drug-likeness (QED) is 0.865. The Kier molecular flexibility index (Phi) is 6.62. The molecule has 1 aromatic rings. The third-order valence-electron chi connectivity index (χ3n) is 5.60. The van der Waals surface area contributed by atoms with Crippen LogP contribution in [0.1, 0.15) is 31.2 Å². The van der Waals surface area contributed by atoms with Crippen LogP contribution in [0.2, 0.25) is 0 Å². The zero-order valence-electron chi connectivity index (χ0n) is 15.6. The Labute approximate surface area is 155 Å². The van der Waals surface area contributed by atoms with Gasteiger partial charge in [-0.1, -0.05) is 12.1 Å². The number of carbonyl (C=O) groups excluding carboxylic acids is 1. The van der Waals surface area contributed by atoms with Crippen LogP contribution in [0.15, 0.2) is 24.3 Å². The number of aliphatic hydroxyl groups excluding tert-OH is 1. The number of likely N-dealkylation sites (tertiary alicyclic amines) is 2. The molecule has 0 saturated carbocycles. The summed E-state index contributed by atoms with van der Waals surface area (Å²) in [5.74, 6) is -0.0688. The Morgan fingerprint density at radius 2 is 1.73 bits per heavy atom. The third kappa shape index (κ3) is 5.25. The van der Waals surface area contributed by atoms with Gasteiger partial charge in [-0.05, 0) is 50.4 Å². The second kappa shape index (κ2) is 8.93. The van der Waals surface area contributed by atoms with Crippen molar-refractivity contribution >= 4 is 5.91 Å². The fourth-order valence-corrected chi connectivity index (χ4v) is 4.02. The van der Waals surface area contributed by atoms with Gasteiger partial charge in [0, 0.05) is 38.8 Å². The van der Waals surface area contributed by atoms with Gasteiger partial charge in [-0.15, -0.1) is 0 Å². The fourth-order valence-electron chi connectivity index (χ4n) is 4.02. The highest BCUT2D eigenvalue weighted by atomic mass is 19.1. The molecule has 1 aromatic carbocycles. The van der Waals surface area contributed by atoms with Crippen LogP contribution in [0.4, 0.5) is 4.39 Å². The standard InChI is InChI=1S/C20H30FN3O2/c1-22(14-16-2-4-17(21)5-3-16)15-20(26)24-10-6-18(7-11-24)23-12-8-19(25)9-13-23/h2-5,18-19,25H,6-15H2,1H3. The monoisotopic (exact) mass is 363 g/mol. The van der Waals surface area contributed by atoms with Gasteiger partial charge in [-0.2, -0.15) is 0 Å². The summed E-state index contributed by atoms with van der Waals surface area (Å²) >= 11 is 0. The van der Waals surface area contributed by atoms with E-state index in [1.165, 1.54) is 12.1 Å². The minimum atomic E-state index is -0.237. The first-order valence-electron chi connectivity index (χ1n) is 9.64. The van der Waals surface area contributed by atoms with Crippen LogP contribution in [-0.4, -0.2) is 77.6 Å². The molecule has 1 amide bonds. The predicted molar refractivity (Wildman–Crippen MR) is 99.1 cm³/mol. The lowest BCUT2D eigenvalue weighted by Gasteiger charge is -2.41. The highest BCUT2D eigenvalue weighted by molar-refractivity contribution is 5.78. The largest absolute Gasteiger partial charge is 0.393 e. The number of aliphatic hydroxyl groups is 1. The fraction of sp³-hybridized carbons (Fsp3) is 0.650. The molecule has 1 N–H and O–H groups in total.